The normalized spacial score (nSPS) is 11.3. The number of para-hydroxylation sites is 1. The van der Waals surface area contributed by atoms with Crippen molar-refractivity contribution in [2.24, 2.45) is 0 Å². The summed E-state index contributed by atoms with van der Waals surface area (Å²) in [5.41, 5.74) is 6.22. The maximum absolute atomic E-state index is 4.78. The van der Waals surface area contributed by atoms with E-state index in [0.29, 0.717) is 0 Å². The molecule has 0 saturated carbocycles. The lowest BCUT2D eigenvalue weighted by atomic mass is 10.1. The molecule has 2 nitrogen and oxygen atoms in total. The van der Waals surface area contributed by atoms with Gasteiger partial charge in [0.05, 0.1) is 11.2 Å². The van der Waals surface area contributed by atoms with E-state index in [-0.39, 0.29) is 0 Å². The lowest BCUT2D eigenvalue weighted by molar-refractivity contribution is 0.858. The van der Waals surface area contributed by atoms with Crippen molar-refractivity contribution < 1.29 is 0 Å². The maximum Gasteiger partial charge on any atom is 0.0717 e. The van der Waals surface area contributed by atoms with Crippen LogP contribution in [-0.2, 0) is 13.0 Å². The van der Waals surface area contributed by atoms with E-state index in [4.69, 9.17) is 4.98 Å². The van der Waals surface area contributed by atoms with E-state index in [2.05, 4.69) is 95.6 Å². The van der Waals surface area contributed by atoms with Gasteiger partial charge in [0.1, 0.15) is 0 Å². The van der Waals surface area contributed by atoms with Gasteiger partial charge in [-0.25, -0.2) is 0 Å². The van der Waals surface area contributed by atoms with Crippen molar-refractivity contribution in [3.8, 4) is 0 Å². The van der Waals surface area contributed by atoms with Crippen molar-refractivity contribution in [2.75, 3.05) is 0 Å². The van der Waals surface area contributed by atoms with Gasteiger partial charge in [0.2, 0.25) is 0 Å². The van der Waals surface area contributed by atoms with Gasteiger partial charge in [-0.2, -0.15) is 0 Å². The van der Waals surface area contributed by atoms with Crippen LogP contribution in [0.5, 0.6) is 0 Å². The number of nitrogens with zero attached hydrogens (tertiary/aromatic N) is 2. The van der Waals surface area contributed by atoms with E-state index in [1.807, 2.05) is 6.20 Å². The number of aromatic nitrogens is 2. The Balaban J connectivity index is 1.74. The Bertz CT molecular complexity index is 1200. The summed E-state index contributed by atoms with van der Waals surface area (Å²) in [5, 5.41) is 2.57. The van der Waals surface area contributed by atoms with Crippen LogP contribution in [-0.4, -0.2) is 9.55 Å². The highest BCUT2D eigenvalue weighted by molar-refractivity contribution is 6.08. The van der Waals surface area contributed by atoms with Gasteiger partial charge in [0.25, 0.3) is 0 Å². The van der Waals surface area contributed by atoms with Crippen LogP contribution in [0.1, 0.15) is 16.8 Å². The molecule has 0 radical (unpaired) electrons. The molecule has 0 aliphatic heterocycles. The van der Waals surface area contributed by atoms with Gasteiger partial charge in [-0.15, -0.1) is 0 Å². The second-order valence-corrected chi connectivity index (χ2v) is 6.91. The van der Waals surface area contributed by atoms with Gasteiger partial charge in [0, 0.05) is 35.5 Å². The summed E-state index contributed by atoms with van der Waals surface area (Å²) in [6.45, 7) is 0.846. The third-order valence-corrected chi connectivity index (χ3v) is 5.15. The molecule has 0 aliphatic carbocycles. The molecule has 5 rings (SSSR count). The van der Waals surface area contributed by atoms with Crippen LogP contribution < -0.4 is 0 Å². The molecule has 0 fully saturated rings. The van der Waals surface area contributed by atoms with Crippen LogP contribution in [0.4, 0.5) is 0 Å². The van der Waals surface area contributed by atoms with Gasteiger partial charge >= 0.3 is 0 Å². The quantitative estimate of drug-likeness (QED) is 0.400. The third-order valence-electron chi connectivity index (χ3n) is 5.15. The smallest absolute Gasteiger partial charge is 0.0717 e. The van der Waals surface area contributed by atoms with Gasteiger partial charge in [-0.05, 0) is 23.3 Å². The van der Waals surface area contributed by atoms with Crippen LogP contribution in [0.15, 0.2) is 97.2 Å². The van der Waals surface area contributed by atoms with E-state index >= 15 is 0 Å². The molecule has 0 amide bonds. The number of hydrogen-bond acceptors (Lipinski definition) is 1. The first kappa shape index (κ1) is 15.8. The Morgan fingerprint density at radius 2 is 1.30 bits per heavy atom. The van der Waals surface area contributed by atoms with E-state index in [9.17, 15) is 0 Å². The van der Waals surface area contributed by atoms with E-state index in [1.165, 1.54) is 32.9 Å². The average molecular weight is 348 g/mol. The first-order chi connectivity index (χ1) is 13.4. The highest BCUT2D eigenvalue weighted by Crippen LogP contribution is 2.31. The van der Waals surface area contributed by atoms with Crippen molar-refractivity contribution >= 4 is 21.8 Å². The first-order valence-corrected chi connectivity index (χ1v) is 9.33. The summed E-state index contributed by atoms with van der Waals surface area (Å²) in [6, 6.07) is 32.0. The fraction of sp³-hybridized carbons (Fsp3) is 0.0800. The van der Waals surface area contributed by atoms with Gasteiger partial charge in [-0.1, -0.05) is 78.9 Å². The maximum atomic E-state index is 4.78. The van der Waals surface area contributed by atoms with Crippen LogP contribution in [0.3, 0.4) is 0 Å². The summed E-state index contributed by atoms with van der Waals surface area (Å²) < 4.78 is 2.42. The zero-order chi connectivity index (χ0) is 18.1. The summed E-state index contributed by atoms with van der Waals surface area (Å²) >= 11 is 0. The number of rotatable bonds is 4. The molecule has 0 spiro atoms. The Morgan fingerprint density at radius 1 is 0.630 bits per heavy atom. The molecule has 0 N–H and O–H groups in total. The molecular formula is C25H20N2. The molecule has 0 atom stereocenters. The summed E-state index contributed by atoms with van der Waals surface area (Å²) in [5.74, 6) is 0. The minimum Gasteiger partial charge on any atom is -0.334 e. The zero-order valence-electron chi connectivity index (χ0n) is 15.0. The summed E-state index contributed by atoms with van der Waals surface area (Å²) in [4.78, 5) is 4.78. The number of fused-ring (bicyclic) bond motifs is 3. The Kier molecular flexibility index (Phi) is 3.95. The first-order valence-electron chi connectivity index (χ1n) is 9.33. The molecule has 0 aliphatic rings. The molecule has 3 aromatic carbocycles. The predicted molar refractivity (Wildman–Crippen MR) is 112 cm³/mol. The van der Waals surface area contributed by atoms with Gasteiger partial charge in [-0.3, -0.25) is 4.98 Å². The van der Waals surface area contributed by atoms with E-state index in [1.54, 1.807) is 0 Å². The van der Waals surface area contributed by atoms with Crippen molar-refractivity contribution in [3.63, 3.8) is 0 Å². The molecular weight excluding hydrogens is 328 g/mol. The number of hydrogen-bond donors (Lipinski definition) is 0. The zero-order valence-corrected chi connectivity index (χ0v) is 15.0. The van der Waals surface area contributed by atoms with Crippen LogP contribution >= 0.6 is 0 Å². The minimum atomic E-state index is 0.837. The Hall–Kier alpha value is -3.39. The molecule has 0 unspecified atom stereocenters. The Morgan fingerprint density at radius 3 is 2.07 bits per heavy atom. The molecule has 2 heterocycles. The van der Waals surface area contributed by atoms with Crippen molar-refractivity contribution in [3.05, 3.63) is 114 Å². The molecule has 2 heteroatoms. The summed E-state index contributed by atoms with van der Waals surface area (Å²) in [6.07, 6.45) is 2.78. The fourth-order valence-electron chi connectivity index (χ4n) is 3.92. The highest BCUT2D eigenvalue weighted by Gasteiger charge is 2.15. The number of pyridine rings is 1. The topological polar surface area (TPSA) is 17.8 Å². The minimum absolute atomic E-state index is 0.837. The number of benzene rings is 3. The molecule has 5 aromatic rings. The molecule has 27 heavy (non-hydrogen) atoms. The third kappa shape index (κ3) is 2.89. The van der Waals surface area contributed by atoms with Crippen LogP contribution in [0, 0.1) is 0 Å². The van der Waals surface area contributed by atoms with Crippen LogP contribution in [0.25, 0.3) is 21.8 Å². The summed E-state index contributed by atoms with van der Waals surface area (Å²) in [7, 11) is 0. The molecule has 2 aromatic heterocycles. The Labute approximate surface area is 158 Å². The van der Waals surface area contributed by atoms with Crippen molar-refractivity contribution in [1.82, 2.24) is 9.55 Å². The lowest BCUT2D eigenvalue weighted by Gasteiger charge is -2.11. The van der Waals surface area contributed by atoms with Gasteiger partial charge < -0.3 is 4.57 Å². The van der Waals surface area contributed by atoms with E-state index < -0.39 is 0 Å². The molecule has 0 bridgehead atoms. The standard InChI is InChI=1S/C25H20N2/c1-3-9-19(10-4-1)17-23-25-22(15-16-26-23)21-13-7-8-14-24(21)27(25)18-20-11-5-2-6-12-20/h1-16H,17-18H2. The fourth-order valence-corrected chi connectivity index (χ4v) is 3.92. The predicted octanol–water partition coefficient (Wildman–Crippen LogP) is 5.83. The average Bonchev–Trinajstić information content (AvgIpc) is 3.05. The SMILES string of the molecule is c1ccc(Cc2nccc3c4ccccc4n(Cc4ccccc4)c23)cc1. The monoisotopic (exact) mass is 348 g/mol. The van der Waals surface area contributed by atoms with Crippen molar-refractivity contribution in [1.29, 1.82) is 0 Å². The molecule has 0 saturated heterocycles. The largest absolute Gasteiger partial charge is 0.334 e. The van der Waals surface area contributed by atoms with Crippen LogP contribution in [0.2, 0.25) is 0 Å². The van der Waals surface area contributed by atoms with E-state index in [0.717, 1.165) is 18.7 Å². The van der Waals surface area contributed by atoms with Crippen molar-refractivity contribution in [2.45, 2.75) is 13.0 Å². The molecule has 130 valence electrons. The second kappa shape index (κ2) is 6.73. The van der Waals surface area contributed by atoms with Gasteiger partial charge in [0.15, 0.2) is 0 Å². The highest BCUT2D eigenvalue weighted by atomic mass is 15.0. The second-order valence-electron chi connectivity index (χ2n) is 6.91. The lowest BCUT2D eigenvalue weighted by Crippen LogP contribution is -2.03.